The second kappa shape index (κ2) is 4.40. The van der Waals surface area contributed by atoms with E-state index in [0.717, 1.165) is 12.1 Å². The van der Waals surface area contributed by atoms with Crippen molar-refractivity contribution >= 4 is 17.6 Å². The van der Waals surface area contributed by atoms with Gasteiger partial charge in [0.15, 0.2) is 0 Å². The molecule has 74 valence electrons. The number of hydrogen-bond acceptors (Lipinski definition) is 4. The molecule has 0 aliphatic carbocycles. The number of amides is 1. The third-order valence-corrected chi connectivity index (χ3v) is 1.58. The van der Waals surface area contributed by atoms with E-state index in [1.807, 2.05) is 13.8 Å². The molecule has 0 unspecified atom stereocenters. The Kier molecular flexibility index (Phi) is 3.22. The quantitative estimate of drug-likeness (QED) is 0.399. The number of hydrogen-bond donors (Lipinski definition) is 1. The van der Waals surface area contributed by atoms with Crippen LogP contribution in [0.4, 0.5) is 0 Å². The summed E-state index contributed by atoms with van der Waals surface area (Å²) in [4.78, 5) is 11.0. The van der Waals surface area contributed by atoms with Crippen molar-refractivity contribution in [2.45, 2.75) is 20.3 Å². The molecule has 0 spiro atoms. The standard InChI is InChI=1S/C8H11N5O/c1-4-5(2)10-12-8-9-7(14)6(3)11-13-8/h3-4H2,1-2H3,(H,9,12,14)/b10-5-. The zero-order valence-corrected chi connectivity index (χ0v) is 8.11. The van der Waals surface area contributed by atoms with Crippen LogP contribution in [-0.2, 0) is 4.79 Å². The fourth-order valence-electron chi connectivity index (χ4n) is 0.600. The number of carbonyl (C=O) groups is 1. The SMILES string of the molecule is C=C1N=N/C(=N/N=C(/C)CC)NC1=O. The van der Waals surface area contributed by atoms with Gasteiger partial charge in [-0.15, -0.1) is 15.3 Å². The van der Waals surface area contributed by atoms with Crippen LogP contribution in [0, 0.1) is 0 Å². The van der Waals surface area contributed by atoms with Crippen LogP contribution in [0.5, 0.6) is 0 Å². The van der Waals surface area contributed by atoms with Crippen molar-refractivity contribution in [2.75, 3.05) is 0 Å². The first kappa shape index (κ1) is 10.2. The zero-order chi connectivity index (χ0) is 10.6. The molecule has 0 aromatic rings. The van der Waals surface area contributed by atoms with E-state index in [-0.39, 0.29) is 11.7 Å². The average Bonchev–Trinajstić information content (AvgIpc) is 2.19. The average molecular weight is 193 g/mol. The van der Waals surface area contributed by atoms with Crippen LogP contribution < -0.4 is 5.32 Å². The number of nitrogens with one attached hydrogen (secondary N) is 1. The van der Waals surface area contributed by atoms with Gasteiger partial charge in [0.1, 0.15) is 5.70 Å². The van der Waals surface area contributed by atoms with Crippen molar-refractivity contribution in [3.05, 3.63) is 12.3 Å². The third-order valence-electron chi connectivity index (χ3n) is 1.58. The van der Waals surface area contributed by atoms with E-state index in [1.54, 1.807) is 0 Å². The van der Waals surface area contributed by atoms with Crippen LogP contribution in [0.25, 0.3) is 0 Å². The molecule has 1 amide bonds. The normalized spacial score (nSPS) is 20.1. The van der Waals surface area contributed by atoms with Gasteiger partial charge in [-0.1, -0.05) is 13.5 Å². The summed E-state index contributed by atoms with van der Waals surface area (Å²) >= 11 is 0. The van der Waals surface area contributed by atoms with Gasteiger partial charge in [0.05, 0.1) is 0 Å². The second-order valence-corrected chi connectivity index (χ2v) is 2.71. The molecule has 1 aliphatic heterocycles. The number of carbonyl (C=O) groups excluding carboxylic acids is 1. The zero-order valence-electron chi connectivity index (χ0n) is 8.11. The molecule has 0 aromatic carbocycles. The summed E-state index contributed by atoms with van der Waals surface area (Å²) in [6.07, 6.45) is 0.800. The summed E-state index contributed by atoms with van der Waals surface area (Å²) in [7, 11) is 0. The fourth-order valence-corrected chi connectivity index (χ4v) is 0.600. The lowest BCUT2D eigenvalue weighted by atomic mass is 10.3. The maximum atomic E-state index is 11.0. The molecule has 14 heavy (non-hydrogen) atoms. The fraction of sp³-hybridized carbons (Fsp3) is 0.375. The highest BCUT2D eigenvalue weighted by atomic mass is 16.2. The summed E-state index contributed by atoms with van der Waals surface area (Å²) in [6, 6.07) is 0. The van der Waals surface area contributed by atoms with Gasteiger partial charge in [-0.3, -0.25) is 10.1 Å². The van der Waals surface area contributed by atoms with Gasteiger partial charge in [0.2, 0.25) is 0 Å². The molecule has 6 heteroatoms. The Morgan fingerprint density at radius 3 is 2.86 bits per heavy atom. The highest BCUT2D eigenvalue weighted by Crippen LogP contribution is 2.00. The molecule has 0 saturated heterocycles. The van der Waals surface area contributed by atoms with E-state index in [0.29, 0.717) is 0 Å². The van der Waals surface area contributed by atoms with Crippen molar-refractivity contribution in [1.82, 2.24) is 5.32 Å². The first-order chi connectivity index (χ1) is 6.63. The van der Waals surface area contributed by atoms with E-state index in [4.69, 9.17) is 0 Å². The summed E-state index contributed by atoms with van der Waals surface area (Å²) in [6.45, 7) is 7.18. The van der Waals surface area contributed by atoms with Crippen LogP contribution in [0.1, 0.15) is 20.3 Å². The Morgan fingerprint density at radius 2 is 2.29 bits per heavy atom. The number of nitrogens with zero attached hydrogens (tertiary/aromatic N) is 4. The summed E-state index contributed by atoms with van der Waals surface area (Å²) in [5, 5.41) is 17.0. The van der Waals surface area contributed by atoms with Crippen molar-refractivity contribution in [1.29, 1.82) is 0 Å². The molecule has 0 atom stereocenters. The summed E-state index contributed by atoms with van der Waals surface area (Å²) < 4.78 is 0. The molecule has 1 aliphatic rings. The molecule has 0 fully saturated rings. The predicted molar refractivity (Wildman–Crippen MR) is 53.0 cm³/mol. The van der Waals surface area contributed by atoms with Crippen molar-refractivity contribution < 1.29 is 4.79 Å². The summed E-state index contributed by atoms with van der Waals surface area (Å²) in [5.41, 5.74) is 0.923. The lowest BCUT2D eigenvalue weighted by Gasteiger charge is -2.05. The molecule has 1 heterocycles. The van der Waals surface area contributed by atoms with E-state index in [1.165, 1.54) is 0 Å². The molecular weight excluding hydrogens is 182 g/mol. The molecule has 1 N–H and O–H groups in total. The van der Waals surface area contributed by atoms with E-state index in [9.17, 15) is 4.79 Å². The minimum atomic E-state index is -0.400. The van der Waals surface area contributed by atoms with Crippen molar-refractivity contribution in [3.8, 4) is 0 Å². The Bertz CT molecular complexity index is 353. The molecule has 6 nitrogen and oxygen atoms in total. The third kappa shape index (κ3) is 2.58. The maximum Gasteiger partial charge on any atom is 0.277 e. The van der Waals surface area contributed by atoms with Crippen LogP contribution in [0.3, 0.4) is 0 Å². The molecule has 0 radical (unpaired) electrons. The second-order valence-electron chi connectivity index (χ2n) is 2.71. The first-order valence-electron chi connectivity index (χ1n) is 4.16. The molecule has 1 rings (SSSR count). The number of guanidine groups is 1. The topological polar surface area (TPSA) is 78.5 Å². The van der Waals surface area contributed by atoms with Gasteiger partial charge in [-0.05, 0) is 13.3 Å². The van der Waals surface area contributed by atoms with Crippen molar-refractivity contribution in [2.24, 2.45) is 20.4 Å². The maximum absolute atomic E-state index is 11.0. The van der Waals surface area contributed by atoms with Gasteiger partial charge in [0, 0.05) is 5.71 Å². The molecule has 0 aromatic heterocycles. The van der Waals surface area contributed by atoms with Gasteiger partial charge < -0.3 is 0 Å². The lowest BCUT2D eigenvalue weighted by Crippen LogP contribution is -2.32. The van der Waals surface area contributed by atoms with Gasteiger partial charge >= 0.3 is 0 Å². The highest BCUT2D eigenvalue weighted by molar-refractivity contribution is 6.06. The van der Waals surface area contributed by atoms with E-state index < -0.39 is 5.91 Å². The largest absolute Gasteiger partial charge is 0.286 e. The van der Waals surface area contributed by atoms with Crippen LogP contribution in [0.15, 0.2) is 32.7 Å². The Balaban J connectivity index is 2.77. The van der Waals surface area contributed by atoms with Crippen molar-refractivity contribution in [3.63, 3.8) is 0 Å². The smallest absolute Gasteiger partial charge is 0.277 e. The van der Waals surface area contributed by atoms with Crippen LogP contribution in [-0.4, -0.2) is 17.6 Å². The van der Waals surface area contributed by atoms with Gasteiger partial charge in [-0.2, -0.15) is 5.10 Å². The Morgan fingerprint density at radius 1 is 1.57 bits per heavy atom. The molecular formula is C8H11N5O. The number of rotatable bonds is 2. The van der Waals surface area contributed by atoms with Gasteiger partial charge in [-0.25, -0.2) is 0 Å². The van der Waals surface area contributed by atoms with Crippen LogP contribution >= 0.6 is 0 Å². The lowest BCUT2D eigenvalue weighted by molar-refractivity contribution is -0.116. The van der Waals surface area contributed by atoms with E-state index >= 15 is 0 Å². The molecule has 0 saturated carbocycles. The Labute approximate surface area is 81.5 Å². The van der Waals surface area contributed by atoms with Gasteiger partial charge in [0.25, 0.3) is 11.9 Å². The summed E-state index contributed by atoms with van der Waals surface area (Å²) in [5.74, 6) is -0.307. The monoisotopic (exact) mass is 193 g/mol. The highest BCUT2D eigenvalue weighted by Gasteiger charge is 2.14. The molecule has 0 bridgehead atoms. The minimum Gasteiger partial charge on any atom is -0.286 e. The number of azo groups is 1. The predicted octanol–water partition coefficient (Wildman–Crippen LogP) is 1.22. The first-order valence-corrected chi connectivity index (χ1v) is 4.16. The van der Waals surface area contributed by atoms with E-state index in [2.05, 4.69) is 32.3 Å². The Hall–Kier alpha value is -1.85. The van der Waals surface area contributed by atoms with Crippen LogP contribution in [0.2, 0.25) is 0 Å². The minimum absolute atomic E-state index is 0.0696.